The van der Waals surface area contributed by atoms with E-state index in [9.17, 15) is 9.18 Å². The third-order valence-corrected chi connectivity index (χ3v) is 6.19. The van der Waals surface area contributed by atoms with Gasteiger partial charge in [-0.3, -0.25) is 9.69 Å². The number of hydrogen-bond acceptors (Lipinski definition) is 5. The molecule has 2 aromatic rings. The molecule has 0 aliphatic carbocycles. The van der Waals surface area contributed by atoms with Crippen molar-refractivity contribution in [3.05, 3.63) is 64.8 Å². The van der Waals surface area contributed by atoms with E-state index in [1.807, 2.05) is 41.3 Å². The molecule has 33 heavy (non-hydrogen) atoms. The fourth-order valence-corrected chi connectivity index (χ4v) is 4.40. The molecule has 1 fully saturated rings. The Morgan fingerprint density at radius 2 is 1.76 bits per heavy atom. The van der Waals surface area contributed by atoms with Crippen LogP contribution in [0.3, 0.4) is 0 Å². The Morgan fingerprint density at radius 3 is 2.52 bits per heavy atom. The van der Waals surface area contributed by atoms with Crippen LogP contribution in [0.25, 0.3) is 10.4 Å². The Hall–Kier alpha value is -3.29. The maximum absolute atomic E-state index is 13.1. The highest BCUT2D eigenvalue weighted by Crippen LogP contribution is 2.34. The summed E-state index contributed by atoms with van der Waals surface area (Å²) in [7, 11) is 0. The van der Waals surface area contributed by atoms with Crippen molar-refractivity contribution in [2.45, 2.75) is 25.4 Å². The van der Waals surface area contributed by atoms with E-state index in [1.165, 1.54) is 12.1 Å². The fraction of sp³-hybridized carbons (Fsp3) is 0.458. The summed E-state index contributed by atoms with van der Waals surface area (Å²) in [5.74, 6) is 0.412. The highest BCUT2D eigenvalue weighted by molar-refractivity contribution is 6.00. The summed E-state index contributed by atoms with van der Waals surface area (Å²) in [4.78, 5) is 22.3. The first-order valence-electron chi connectivity index (χ1n) is 11.5. The first kappa shape index (κ1) is 22.9. The number of azide groups is 1. The summed E-state index contributed by atoms with van der Waals surface area (Å²) in [6.07, 6.45) is 1.63. The van der Waals surface area contributed by atoms with Crippen LogP contribution in [-0.2, 0) is 4.79 Å². The van der Waals surface area contributed by atoms with Crippen molar-refractivity contribution < 1.29 is 13.9 Å². The number of piperazine rings is 1. The summed E-state index contributed by atoms with van der Waals surface area (Å²) < 4.78 is 19.0. The molecule has 2 heterocycles. The second-order valence-electron chi connectivity index (χ2n) is 8.32. The molecule has 174 valence electrons. The number of halogens is 1. The quantitative estimate of drug-likeness (QED) is 0.247. The number of rotatable bonds is 9. The second-order valence-corrected chi connectivity index (χ2v) is 8.32. The van der Waals surface area contributed by atoms with Crippen molar-refractivity contribution in [3.8, 4) is 5.75 Å². The van der Waals surface area contributed by atoms with Gasteiger partial charge in [0.15, 0.2) is 6.10 Å². The predicted molar refractivity (Wildman–Crippen MR) is 126 cm³/mol. The molecule has 8 nitrogen and oxygen atoms in total. The lowest BCUT2D eigenvalue weighted by molar-refractivity contribution is -0.126. The second kappa shape index (κ2) is 11.0. The van der Waals surface area contributed by atoms with Gasteiger partial charge in [-0.25, -0.2) is 4.39 Å². The van der Waals surface area contributed by atoms with E-state index < -0.39 is 6.10 Å². The standard InChI is InChI=1S/C24H29FN6O2/c25-19-7-9-20(10-8-19)30-17-15-29(16-18-30)13-3-4-14-31-21-5-1-2-6-22(21)33-23(24(31)32)11-12-27-28-26/h1-2,5-10,23H,3-4,11-18H2. The molecule has 2 aliphatic heterocycles. The molecule has 0 saturated carbocycles. The van der Waals surface area contributed by atoms with Gasteiger partial charge in [0.25, 0.3) is 5.91 Å². The van der Waals surface area contributed by atoms with Gasteiger partial charge in [-0.1, -0.05) is 17.2 Å². The fourth-order valence-electron chi connectivity index (χ4n) is 4.40. The summed E-state index contributed by atoms with van der Waals surface area (Å²) in [6.45, 7) is 5.63. The van der Waals surface area contributed by atoms with Crippen LogP contribution in [0.1, 0.15) is 19.3 Å². The van der Waals surface area contributed by atoms with Gasteiger partial charge >= 0.3 is 0 Å². The number of benzene rings is 2. The maximum atomic E-state index is 13.1. The zero-order chi connectivity index (χ0) is 23.0. The highest BCUT2D eigenvalue weighted by atomic mass is 19.1. The number of fused-ring (bicyclic) bond motifs is 1. The van der Waals surface area contributed by atoms with Crippen LogP contribution in [0.2, 0.25) is 0 Å². The van der Waals surface area contributed by atoms with Crippen molar-refractivity contribution in [3.63, 3.8) is 0 Å². The van der Waals surface area contributed by atoms with Crippen molar-refractivity contribution in [2.75, 3.05) is 55.6 Å². The number of amides is 1. The van der Waals surface area contributed by atoms with Crippen molar-refractivity contribution >= 4 is 17.3 Å². The Kier molecular flexibility index (Phi) is 7.65. The van der Waals surface area contributed by atoms with Crippen LogP contribution in [0.5, 0.6) is 5.75 Å². The molecule has 1 atom stereocenters. The molecular formula is C24H29FN6O2. The Bertz CT molecular complexity index is 987. The van der Waals surface area contributed by atoms with Gasteiger partial charge in [0.05, 0.1) is 5.69 Å². The third kappa shape index (κ3) is 5.74. The maximum Gasteiger partial charge on any atom is 0.268 e. The Labute approximate surface area is 193 Å². The summed E-state index contributed by atoms with van der Waals surface area (Å²) in [5, 5.41) is 3.54. The molecule has 1 saturated heterocycles. The average molecular weight is 453 g/mol. The van der Waals surface area contributed by atoms with E-state index in [1.54, 1.807) is 0 Å². The van der Waals surface area contributed by atoms with Gasteiger partial charge in [-0.15, -0.1) is 0 Å². The number of hydrogen-bond donors (Lipinski definition) is 0. The van der Waals surface area contributed by atoms with Crippen LogP contribution in [-0.4, -0.2) is 62.7 Å². The average Bonchev–Trinajstić information content (AvgIpc) is 2.84. The lowest BCUT2D eigenvalue weighted by atomic mass is 10.1. The number of carbonyl (C=O) groups excluding carboxylic acids is 1. The van der Waals surface area contributed by atoms with Crippen LogP contribution >= 0.6 is 0 Å². The number of anilines is 2. The summed E-state index contributed by atoms with van der Waals surface area (Å²) in [6, 6.07) is 14.3. The molecule has 0 spiro atoms. The lowest BCUT2D eigenvalue weighted by Crippen LogP contribution is -2.47. The number of ether oxygens (including phenoxy) is 1. The number of carbonyl (C=O) groups is 1. The van der Waals surface area contributed by atoms with Gasteiger partial charge in [0, 0.05) is 49.9 Å². The van der Waals surface area contributed by atoms with Gasteiger partial charge in [-0.05, 0) is 67.7 Å². The molecule has 1 amide bonds. The van der Waals surface area contributed by atoms with E-state index in [4.69, 9.17) is 10.3 Å². The van der Waals surface area contributed by atoms with E-state index in [0.717, 1.165) is 56.9 Å². The normalized spacial score (nSPS) is 18.5. The van der Waals surface area contributed by atoms with Crippen molar-refractivity contribution in [1.82, 2.24) is 4.90 Å². The van der Waals surface area contributed by atoms with Crippen LogP contribution < -0.4 is 14.5 Å². The predicted octanol–water partition coefficient (Wildman–Crippen LogP) is 4.22. The Balaban J connectivity index is 1.25. The number of unbranched alkanes of at least 4 members (excludes halogenated alkanes) is 1. The van der Waals surface area contributed by atoms with Crippen LogP contribution in [0.15, 0.2) is 53.6 Å². The van der Waals surface area contributed by atoms with Crippen LogP contribution in [0.4, 0.5) is 15.8 Å². The molecule has 0 radical (unpaired) electrons. The molecule has 0 bridgehead atoms. The van der Waals surface area contributed by atoms with Crippen molar-refractivity contribution in [2.24, 2.45) is 5.11 Å². The number of para-hydroxylation sites is 2. The van der Waals surface area contributed by atoms with E-state index in [0.29, 0.717) is 18.7 Å². The molecule has 9 heteroatoms. The van der Waals surface area contributed by atoms with Gasteiger partial charge in [0.1, 0.15) is 11.6 Å². The molecule has 2 aliphatic rings. The Morgan fingerprint density at radius 1 is 1.03 bits per heavy atom. The molecule has 0 N–H and O–H groups in total. The van der Waals surface area contributed by atoms with Crippen molar-refractivity contribution in [1.29, 1.82) is 0 Å². The minimum Gasteiger partial charge on any atom is -0.478 e. The SMILES string of the molecule is [N-]=[N+]=NCCC1Oc2ccccc2N(CCCCN2CCN(c3ccc(F)cc3)CC2)C1=O. The van der Waals surface area contributed by atoms with E-state index in [-0.39, 0.29) is 18.3 Å². The van der Waals surface area contributed by atoms with Crippen LogP contribution in [0, 0.1) is 5.82 Å². The molecule has 2 aromatic carbocycles. The lowest BCUT2D eigenvalue weighted by Gasteiger charge is -2.36. The zero-order valence-electron chi connectivity index (χ0n) is 18.6. The van der Waals surface area contributed by atoms with Gasteiger partial charge in [0.2, 0.25) is 0 Å². The topological polar surface area (TPSA) is 84.8 Å². The molecular weight excluding hydrogens is 423 g/mol. The largest absolute Gasteiger partial charge is 0.478 e. The van der Waals surface area contributed by atoms with Gasteiger partial charge in [-0.2, -0.15) is 0 Å². The van der Waals surface area contributed by atoms with E-state index >= 15 is 0 Å². The summed E-state index contributed by atoms with van der Waals surface area (Å²) in [5.41, 5.74) is 10.4. The first-order valence-corrected chi connectivity index (χ1v) is 11.5. The highest BCUT2D eigenvalue weighted by Gasteiger charge is 2.33. The molecule has 1 unspecified atom stereocenters. The smallest absolute Gasteiger partial charge is 0.268 e. The van der Waals surface area contributed by atoms with E-state index in [2.05, 4.69) is 19.8 Å². The minimum atomic E-state index is -0.620. The van der Waals surface area contributed by atoms with Gasteiger partial charge < -0.3 is 14.5 Å². The summed E-state index contributed by atoms with van der Waals surface area (Å²) >= 11 is 0. The molecule has 0 aromatic heterocycles. The third-order valence-electron chi connectivity index (χ3n) is 6.19. The molecule has 4 rings (SSSR count). The number of nitrogens with zero attached hydrogens (tertiary/aromatic N) is 6. The zero-order valence-corrected chi connectivity index (χ0v) is 18.6. The monoisotopic (exact) mass is 452 g/mol. The first-order chi connectivity index (χ1) is 16.2. The minimum absolute atomic E-state index is 0.0743.